The number of hydrogen-bond acceptors (Lipinski definition) is 3. The Morgan fingerprint density at radius 1 is 0.880 bits per heavy atom. The first kappa shape index (κ1) is 17.3. The van der Waals surface area contributed by atoms with Gasteiger partial charge in [-0.15, -0.1) is 0 Å². The van der Waals surface area contributed by atoms with Crippen molar-refractivity contribution in [3.05, 3.63) is 77.8 Å². The van der Waals surface area contributed by atoms with Crippen LogP contribution in [-0.4, -0.2) is 15.5 Å². The zero-order valence-corrected chi connectivity index (χ0v) is 15.0. The smallest absolute Gasteiger partial charge is 0.262 e. The van der Waals surface area contributed by atoms with Crippen molar-refractivity contribution < 1.29 is 13.2 Å². The van der Waals surface area contributed by atoms with Gasteiger partial charge in [0.2, 0.25) is 0 Å². The van der Waals surface area contributed by atoms with E-state index in [2.05, 4.69) is 4.72 Å². The number of methoxy groups -OCH3 is 1. The van der Waals surface area contributed by atoms with Crippen molar-refractivity contribution in [1.29, 1.82) is 0 Å². The van der Waals surface area contributed by atoms with Gasteiger partial charge in [0, 0.05) is 16.8 Å². The lowest BCUT2D eigenvalue weighted by atomic mass is 10.1. The molecule has 0 amide bonds. The van der Waals surface area contributed by atoms with Crippen molar-refractivity contribution in [3.8, 4) is 16.9 Å². The minimum absolute atomic E-state index is 0.142. The lowest BCUT2D eigenvalue weighted by Crippen LogP contribution is -2.13. The molecule has 0 saturated carbocycles. The molecular formula is C19H16ClNO3S. The molecule has 0 spiro atoms. The second kappa shape index (κ2) is 7.17. The maximum Gasteiger partial charge on any atom is 0.262 e. The van der Waals surface area contributed by atoms with Gasteiger partial charge in [-0.05, 0) is 47.5 Å². The van der Waals surface area contributed by atoms with E-state index in [0.29, 0.717) is 16.5 Å². The summed E-state index contributed by atoms with van der Waals surface area (Å²) in [6.45, 7) is 0. The number of ether oxygens (including phenoxy) is 1. The van der Waals surface area contributed by atoms with E-state index in [4.69, 9.17) is 16.3 Å². The van der Waals surface area contributed by atoms with E-state index in [-0.39, 0.29) is 4.90 Å². The first-order chi connectivity index (χ1) is 12.0. The van der Waals surface area contributed by atoms with Crippen LogP contribution in [0, 0.1) is 0 Å². The molecule has 4 nitrogen and oxygen atoms in total. The van der Waals surface area contributed by atoms with Crippen LogP contribution in [0.2, 0.25) is 5.02 Å². The molecule has 0 radical (unpaired) electrons. The summed E-state index contributed by atoms with van der Waals surface area (Å²) in [4.78, 5) is 0.142. The molecule has 6 heteroatoms. The maximum absolute atomic E-state index is 12.6. The fraction of sp³-hybridized carbons (Fsp3) is 0.0526. The van der Waals surface area contributed by atoms with Crippen molar-refractivity contribution >= 4 is 27.3 Å². The third-order valence-corrected chi connectivity index (χ3v) is 5.27. The average molecular weight is 374 g/mol. The summed E-state index contributed by atoms with van der Waals surface area (Å²) in [5.74, 6) is 0.484. The van der Waals surface area contributed by atoms with E-state index in [1.54, 1.807) is 42.5 Å². The molecule has 3 aromatic rings. The summed E-state index contributed by atoms with van der Waals surface area (Å²) >= 11 is 5.91. The van der Waals surface area contributed by atoms with Crippen molar-refractivity contribution in [2.24, 2.45) is 0 Å². The minimum atomic E-state index is -3.70. The lowest BCUT2D eigenvalue weighted by molar-refractivity contribution is 0.413. The molecule has 25 heavy (non-hydrogen) atoms. The van der Waals surface area contributed by atoms with Gasteiger partial charge in [-0.1, -0.05) is 41.9 Å². The van der Waals surface area contributed by atoms with Gasteiger partial charge >= 0.3 is 0 Å². The number of halogens is 1. The maximum atomic E-state index is 12.6. The first-order valence-corrected chi connectivity index (χ1v) is 9.37. The zero-order chi connectivity index (χ0) is 17.9. The molecule has 0 unspecified atom stereocenters. The van der Waals surface area contributed by atoms with Gasteiger partial charge in [0.25, 0.3) is 10.0 Å². The molecule has 3 rings (SSSR count). The van der Waals surface area contributed by atoms with Crippen LogP contribution in [0.5, 0.6) is 5.75 Å². The number of hydrogen-bond donors (Lipinski definition) is 1. The fourth-order valence-electron chi connectivity index (χ4n) is 2.39. The largest absolute Gasteiger partial charge is 0.497 e. The van der Waals surface area contributed by atoms with E-state index in [1.165, 1.54) is 19.2 Å². The highest BCUT2D eigenvalue weighted by Gasteiger charge is 2.15. The summed E-state index contributed by atoms with van der Waals surface area (Å²) < 4.78 is 32.8. The van der Waals surface area contributed by atoms with E-state index >= 15 is 0 Å². The minimum Gasteiger partial charge on any atom is -0.497 e. The van der Waals surface area contributed by atoms with E-state index in [0.717, 1.165) is 11.1 Å². The molecule has 128 valence electrons. The predicted octanol–water partition coefficient (Wildman–Crippen LogP) is 4.82. The Kier molecular flexibility index (Phi) is 4.97. The summed E-state index contributed by atoms with van der Waals surface area (Å²) in [5.41, 5.74) is 2.32. The van der Waals surface area contributed by atoms with Crippen LogP contribution in [0.25, 0.3) is 11.1 Å². The number of rotatable bonds is 5. The van der Waals surface area contributed by atoms with Crippen LogP contribution in [0.1, 0.15) is 0 Å². The molecule has 0 heterocycles. The standard InChI is InChI=1S/C19H16ClNO3S/c1-24-18-6-3-7-19(13-18)25(22,23)21-17-5-2-4-15(12-17)14-8-10-16(20)11-9-14/h2-13,21H,1H3. The quantitative estimate of drug-likeness (QED) is 0.697. The highest BCUT2D eigenvalue weighted by molar-refractivity contribution is 7.92. The van der Waals surface area contributed by atoms with Gasteiger partial charge < -0.3 is 4.74 Å². The molecule has 3 aromatic carbocycles. The molecule has 0 aliphatic carbocycles. The molecular weight excluding hydrogens is 358 g/mol. The molecule has 1 N–H and O–H groups in total. The van der Waals surface area contributed by atoms with Gasteiger partial charge in [-0.2, -0.15) is 0 Å². The molecule has 0 aliphatic rings. The molecule has 0 saturated heterocycles. The Bertz CT molecular complexity index is 986. The van der Waals surface area contributed by atoms with Gasteiger partial charge in [0.05, 0.1) is 12.0 Å². The van der Waals surface area contributed by atoms with Crippen LogP contribution in [0.15, 0.2) is 77.7 Å². The van der Waals surface area contributed by atoms with E-state index < -0.39 is 10.0 Å². The number of benzene rings is 3. The molecule has 0 bridgehead atoms. The van der Waals surface area contributed by atoms with Crippen LogP contribution < -0.4 is 9.46 Å². The third kappa shape index (κ3) is 4.13. The zero-order valence-electron chi connectivity index (χ0n) is 13.4. The highest BCUT2D eigenvalue weighted by atomic mass is 35.5. The van der Waals surface area contributed by atoms with Crippen LogP contribution in [0.4, 0.5) is 5.69 Å². The van der Waals surface area contributed by atoms with Crippen LogP contribution in [0.3, 0.4) is 0 Å². The molecule has 0 atom stereocenters. The number of anilines is 1. The lowest BCUT2D eigenvalue weighted by Gasteiger charge is -2.11. The predicted molar refractivity (Wildman–Crippen MR) is 101 cm³/mol. The SMILES string of the molecule is COc1cccc(S(=O)(=O)Nc2cccc(-c3ccc(Cl)cc3)c2)c1. The van der Waals surface area contributed by atoms with Gasteiger partial charge in [0.15, 0.2) is 0 Å². The van der Waals surface area contributed by atoms with Gasteiger partial charge in [-0.3, -0.25) is 4.72 Å². The summed E-state index contributed by atoms with van der Waals surface area (Å²) in [7, 11) is -2.21. The third-order valence-electron chi connectivity index (χ3n) is 3.64. The van der Waals surface area contributed by atoms with Crippen LogP contribution in [-0.2, 0) is 10.0 Å². The summed E-state index contributed by atoms with van der Waals surface area (Å²) in [6.07, 6.45) is 0. The Balaban J connectivity index is 1.89. The Hall–Kier alpha value is -2.50. The second-order valence-corrected chi connectivity index (χ2v) is 7.49. The van der Waals surface area contributed by atoms with Crippen molar-refractivity contribution in [2.75, 3.05) is 11.8 Å². The summed E-state index contributed by atoms with van der Waals surface area (Å²) in [5, 5.41) is 0.652. The van der Waals surface area contributed by atoms with E-state index in [1.807, 2.05) is 18.2 Å². The van der Waals surface area contributed by atoms with E-state index in [9.17, 15) is 8.42 Å². The fourth-order valence-corrected chi connectivity index (χ4v) is 3.60. The number of nitrogens with one attached hydrogen (secondary N) is 1. The Morgan fingerprint density at radius 3 is 2.32 bits per heavy atom. The second-order valence-electron chi connectivity index (χ2n) is 5.37. The first-order valence-electron chi connectivity index (χ1n) is 7.51. The number of sulfonamides is 1. The topological polar surface area (TPSA) is 55.4 Å². The molecule has 0 aliphatic heterocycles. The van der Waals surface area contributed by atoms with Crippen molar-refractivity contribution in [2.45, 2.75) is 4.90 Å². The van der Waals surface area contributed by atoms with Crippen molar-refractivity contribution in [1.82, 2.24) is 0 Å². The Labute approximate surface area is 152 Å². The monoisotopic (exact) mass is 373 g/mol. The highest BCUT2D eigenvalue weighted by Crippen LogP contribution is 2.26. The molecule has 0 aromatic heterocycles. The summed E-state index contributed by atoms with van der Waals surface area (Å²) in [6, 6.07) is 20.9. The Morgan fingerprint density at radius 2 is 1.60 bits per heavy atom. The molecule has 0 fully saturated rings. The normalized spacial score (nSPS) is 11.1. The van der Waals surface area contributed by atoms with Gasteiger partial charge in [0.1, 0.15) is 5.75 Å². The van der Waals surface area contributed by atoms with Crippen molar-refractivity contribution in [3.63, 3.8) is 0 Å². The average Bonchev–Trinajstić information content (AvgIpc) is 2.62. The van der Waals surface area contributed by atoms with Crippen LogP contribution >= 0.6 is 11.6 Å². The van der Waals surface area contributed by atoms with Gasteiger partial charge in [-0.25, -0.2) is 8.42 Å².